The zero-order chi connectivity index (χ0) is 18.7. The van der Waals surface area contributed by atoms with Crippen LogP contribution >= 0.6 is 0 Å². The Morgan fingerprint density at radius 3 is 2.58 bits per heavy atom. The van der Waals surface area contributed by atoms with Gasteiger partial charge in [-0.25, -0.2) is 4.79 Å². The van der Waals surface area contributed by atoms with Crippen LogP contribution < -0.4 is 5.73 Å². The largest absolute Gasteiger partial charge is 0.504 e. The number of aromatic nitrogens is 5. The van der Waals surface area contributed by atoms with Crippen LogP contribution in [0, 0.1) is 0 Å². The van der Waals surface area contributed by atoms with Gasteiger partial charge >= 0.3 is 5.97 Å². The van der Waals surface area contributed by atoms with E-state index in [0.717, 1.165) is 11.6 Å². The maximum absolute atomic E-state index is 12.3. The van der Waals surface area contributed by atoms with Crippen LogP contribution in [-0.2, 0) is 6.54 Å². The van der Waals surface area contributed by atoms with Crippen LogP contribution in [0.1, 0.15) is 32.2 Å². The molecule has 0 spiro atoms. The summed E-state index contributed by atoms with van der Waals surface area (Å²) in [6.07, 6.45) is 2.31. The molecule has 0 saturated carbocycles. The lowest BCUT2D eigenvalue weighted by atomic mass is 10.2. The van der Waals surface area contributed by atoms with Gasteiger partial charge in [0.15, 0.2) is 11.5 Å². The van der Waals surface area contributed by atoms with E-state index in [9.17, 15) is 19.8 Å². The Morgan fingerprint density at radius 1 is 1.23 bits per heavy atom. The lowest BCUT2D eigenvalue weighted by molar-refractivity contribution is 0.0685. The first-order valence-electron chi connectivity index (χ1n) is 7.40. The Balaban J connectivity index is 1.89. The number of nitrogens with one attached hydrogen (secondary N) is 1. The van der Waals surface area contributed by atoms with E-state index >= 15 is 0 Å². The molecule has 0 fully saturated rings. The van der Waals surface area contributed by atoms with E-state index in [1.54, 1.807) is 24.3 Å². The number of aliphatic hydroxyl groups excluding tert-OH is 1. The lowest BCUT2D eigenvalue weighted by Crippen LogP contribution is -2.08. The number of benzene rings is 1. The number of carboxylic acid groups (broad SMARTS) is 1. The van der Waals surface area contributed by atoms with Crippen LogP contribution in [0.15, 0.2) is 42.6 Å². The summed E-state index contributed by atoms with van der Waals surface area (Å²) >= 11 is 0. The number of carboxylic acids is 1. The summed E-state index contributed by atoms with van der Waals surface area (Å²) < 4.78 is 1.43. The number of allylic oxidation sites excluding steroid dienone is 1. The first kappa shape index (κ1) is 16.9. The van der Waals surface area contributed by atoms with E-state index in [-0.39, 0.29) is 23.6 Å². The molecular weight excluding hydrogens is 340 g/mol. The zero-order valence-corrected chi connectivity index (χ0v) is 13.3. The normalized spacial score (nSPS) is 11.5. The number of ketones is 1. The molecule has 2 aromatic heterocycles. The number of aromatic carboxylic acids is 1. The van der Waals surface area contributed by atoms with Crippen molar-refractivity contribution in [2.45, 2.75) is 6.54 Å². The van der Waals surface area contributed by atoms with Crippen LogP contribution in [0.4, 0.5) is 5.69 Å². The van der Waals surface area contributed by atoms with Gasteiger partial charge in [0.25, 0.3) is 0 Å². The molecule has 3 rings (SSSR count). The third-order valence-corrected chi connectivity index (χ3v) is 3.58. The molecule has 3 aromatic rings. The van der Waals surface area contributed by atoms with Gasteiger partial charge in [-0.3, -0.25) is 4.79 Å². The highest BCUT2D eigenvalue weighted by molar-refractivity contribution is 6.08. The van der Waals surface area contributed by atoms with E-state index in [0.29, 0.717) is 5.69 Å². The van der Waals surface area contributed by atoms with Gasteiger partial charge in [0.1, 0.15) is 5.69 Å². The Bertz CT molecular complexity index is 973. The number of nitrogens with zero attached hydrogens (tertiary/aromatic N) is 4. The molecule has 0 saturated heterocycles. The number of tetrazole rings is 1. The zero-order valence-electron chi connectivity index (χ0n) is 13.3. The van der Waals surface area contributed by atoms with Crippen LogP contribution in [0.2, 0.25) is 0 Å². The molecule has 10 nitrogen and oxygen atoms in total. The average molecular weight is 354 g/mol. The molecule has 5 N–H and O–H groups in total. The van der Waals surface area contributed by atoms with Crippen molar-refractivity contribution in [2.24, 2.45) is 0 Å². The molecule has 0 radical (unpaired) electrons. The molecule has 132 valence electrons. The number of aromatic amines is 1. The van der Waals surface area contributed by atoms with Crippen molar-refractivity contribution < 1.29 is 19.8 Å². The van der Waals surface area contributed by atoms with E-state index in [4.69, 9.17) is 5.73 Å². The summed E-state index contributed by atoms with van der Waals surface area (Å²) in [5, 5.41) is 31.7. The summed E-state index contributed by atoms with van der Waals surface area (Å²) in [4.78, 5) is 23.8. The summed E-state index contributed by atoms with van der Waals surface area (Å²) in [6, 6.07) is 8.19. The molecule has 1 aromatic carbocycles. The van der Waals surface area contributed by atoms with Gasteiger partial charge in [0.05, 0.1) is 0 Å². The van der Waals surface area contributed by atoms with Gasteiger partial charge < -0.3 is 20.5 Å². The predicted octanol–water partition coefficient (Wildman–Crippen LogP) is 1.11. The molecule has 26 heavy (non-hydrogen) atoms. The smallest absolute Gasteiger partial charge is 0.352 e. The minimum absolute atomic E-state index is 0.0578. The molecule has 0 amide bonds. The van der Waals surface area contributed by atoms with Gasteiger partial charge in [-0.2, -0.15) is 5.21 Å². The first-order chi connectivity index (χ1) is 12.4. The SMILES string of the molecule is Nc1ccc(Cn2cc(C(=O)C=C(O)c3nn[nH]n3)cc2C(=O)O)cc1. The molecule has 0 bridgehead atoms. The van der Waals surface area contributed by atoms with Gasteiger partial charge in [-0.15, -0.1) is 10.2 Å². The van der Waals surface area contributed by atoms with Gasteiger partial charge in [0.2, 0.25) is 5.82 Å². The second-order valence-electron chi connectivity index (χ2n) is 5.42. The third-order valence-electron chi connectivity index (χ3n) is 3.58. The second kappa shape index (κ2) is 6.89. The summed E-state index contributed by atoms with van der Waals surface area (Å²) in [5.41, 5.74) is 7.10. The molecule has 2 heterocycles. The Hall–Kier alpha value is -3.95. The van der Waals surface area contributed by atoms with Crippen LogP contribution in [0.25, 0.3) is 5.76 Å². The van der Waals surface area contributed by atoms with Gasteiger partial charge in [0, 0.05) is 30.1 Å². The minimum atomic E-state index is -1.18. The first-order valence-corrected chi connectivity index (χ1v) is 7.40. The Kier molecular flexibility index (Phi) is 4.48. The summed E-state index contributed by atoms with van der Waals surface area (Å²) in [5.74, 6) is -2.39. The van der Waals surface area contributed by atoms with Crippen molar-refractivity contribution in [1.29, 1.82) is 0 Å². The number of hydrogen-bond acceptors (Lipinski definition) is 7. The third kappa shape index (κ3) is 3.59. The topological polar surface area (TPSA) is 160 Å². The van der Waals surface area contributed by atoms with Crippen molar-refractivity contribution in [1.82, 2.24) is 25.2 Å². The Morgan fingerprint density at radius 2 is 1.96 bits per heavy atom. The predicted molar refractivity (Wildman–Crippen MR) is 90.5 cm³/mol. The maximum atomic E-state index is 12.3. The van der Waals surface area contributed by atoms with Crippen molar-refractivity contribution in [3.8, 4) is 0 Å². The monoisotopic (exact) mass is 354 g/mol. The quantitative estimate of drug-likeness (QED) is 0.222. The fraction of sp³-hybridized carbons (Fsp3) is 0.0625. The van der Waals surface area contributed by atoms with Crippen molar-refractivity contribution >= 4 is 23.2 Å². The fourth-order valence-electron chi connectivity index (χ4n) is 2.32. The van der Waals surface area contributed by atoms with E-state index in [2.05, 4.69) is 20.6 Å². The highest BCUT2D eigenvalue weighted by Crippen LogP contribution is 2.16. The molecule has 0 aliphatic rings. The maximum Gasteiger partial charge on any atom is 0.352 e. The minimum Gasteiger partial charge on any atom is -0.504 e. The number of H-pyrrole nitrogens is 1. The van der Waals surface area contributed by atoms with Crippen molar-refractivity contribution in [2.75, 3.05) is 5.73 Å². The molecule has 10 heteroatoms. The van der Waals surface area contributed by atoms with Crippen molar-refractivity contribution in [3.05, 3.63) is 65.2 Å². The number of carbonyl (C=O) groups is 2. The standard InChI is InChI=1S/C16H14N6O4/c17-11-3-1-9(2-4-11)7-22-8-10(5-12(22)16(25)26)13(23)6-14(24)15-18-20-21-19-15/h1-6,8,24H,7,17H2,(H,25,26)(H,18,19,20,21). The van der Waals surface area contributed by atoms with Crippen LogP contribution in [0.5, 0.6) is 0 Å². The number of carbonyl (C=O) groups excluding carboxylic acids is 1. The molecule has 0 aliphatic carbocycles. The number of nitrogens with two attached hydrogens (primary N) is 1. The number of anilines is 1. The highest BCUT2D eigenvalue weighted by Gasteiger charge is 2.17. The van der Waals surface area contributed by atoms with E-state index < -0.39 is 17.5 Å². The van der Waals surface area contributed by atoms with Crippen molar-refractivity contribution in [3.63, 3.8) is 0 Å². The van der Waals surface area contributed by atoms with Crippen LogP contribution in [0.3, 0.4) is 0 Å². The number of rotatable bonds is 6. The molecular formula is C16H14N6O4. The Labute approximate surface area is 146 Å². The van der Waals surface area contributed by atoms with E-state index in [1.165, 1.54) is 16.8 Å². The molecule has 0 unspecified atom stereocenters. The van der Waals surface area contributed by atoms with Gasteiger partial charge in [-0.1, -0.05) is 12.1 Å². The fourth-order valence-corrected chi connectivity index (χ4v) is 2.32. The average Bonchev–Trinajstić information content (AvgIpc) is 3.26. The molecule has 0 atom stereocenters. The van der Waals surface area contributed by atoms with E-state index in [1.807, 2.05) is 0 Å². The summed E-state index contributed by atoms with van der Waals surface area (Å²) in [7, 11) is 0. The number of hydrogen-bond donors (Lipinski definition) is 4. The van der Waals surface area contributed by atoms with Crippen LogP contribution in [-0.4, -0.2) is 47.2 Å². The number of aliphatic hydroxyl groups is 1. The summed E-state index contributed by atoms with van der Waals surface area (Å²) in [6.45, 7) is 0.246. The lowest BCUT2D eigenvalue weighted by Gasteiger charge is -2.06. The second-order valence-corrected chi connectivity index (χ2v) is 5.42. The molecule has 0 aliphatic heterocycles. The van der Waals surface area contributed by atoms with Gasteiger partial charge in [-0.05, 0) is 29.0 Å². The number of nitrogen functional groups attached to an aromatic ring is 1. The highest BCUT2D eigenvalue weighted by atomic mass is 16.4.